The molecule has 1 atom stereocenters. The molecule has 2 aromatic rings. The van der Waals surface area contributed by atoms with Crippen LogP contribution in [0.25, 0.3) is 11.1 Å². The van der Waals surface area contributed by atoms with Crippen LogP contribution in [0.15, 0.2) is 48.5 Å². The molecule has 1 amide bonds. The van der Waals surface area contributed by atoms with Gasteiger partial charge in [0.25, 0.3) is 5.91 Å². The van der Waals surface area contributed by atoms with Crippen molar-refractivity contribution < 1.29 is 19.1 Å². The predicted octanol–water partition coefficient (Wildman–Crippen LogP) is 3.69. The van der Waals surface area contributed by atoms with Crippen molar-refractivity contribution in [2.75, 3.05) is 26.9 Å². The number of hydrogen-bond donors (Lipinski definition) is 1. The van der Waals surface area contributed by atoms with E-state index in [4.69, 9.17) is 9.47 Å². The lowest BCUT2D eigenvalue weighted by Gasteiger charge is -2.11. The summed E-state index contributed by atoms with van der Waals surface area (Å²) < 4.78 is 10.2. The monoisotopic (exact) mass is 367 g/mol. The molecule has 0 aromatic heterocycles. The second-order valence-electron chi connectivity index (χ2n) is 6.75. The summed E-state index contributed by atoms with van der Waals surface area (Å²) >= 11 is 0. The maximum Gasteiger partial charge on any atom is 0.338 e. The first-order valence-electron chi connectivity index (χ1n) is 9.32. The van der Waals surface area contributed by atoms with Gasteiger partial charge in [0.1, 0.15) is 0 Å². The van der Waals surface area contributed by atoms with Gasteiger partial charge in [0.05, 0.1) is 12.7 Å². The van der Waals surface area contributed by atoms with E-state index < -0.39 is 5.97 Å². The minimum Gasteiger partial charge on any atom is -0.465 e. The van der Waals surface area contributed by atoms with Crippen molar-refractivity contribution in [3.8, 4) is 11.1 Å². The predicted molar refractivity (Wildman–Crippen MR) is 104 cm³/mol. The average Bonchev–Trinajstić information content (AvgIpc) is 3.24. The van der Waals surface area contributed by atoms with Crippen LogP contribution < -0.4 is 5.32 Å². The van der Waals surface area contributed by atoms with E-state index in [1.54, 1.807) is 18.2 Å². The SMILES string of the molecule is COC(=O)c1ccccc1-c1cccc(C(=O)NCCC[C@@H]2CCOC2)c1. The lowest BCUT2D eigenvalue weighted by molar-refractivity contribution is 0.0601. The standard InChI is InChI=1S/C22H25NO4/c1-26-22(25)20-10-3-2-9-19(20)17-7-4-8-18(14-17)21(24)23-12-5-6-16-11-13-27-15-16/h2-4,7-10,14,16H,5-6,11-13,15H2,1H3,(H,23,24)/t16-/m1/s1. The fourth-order valence-electron chi connectivity index (χ4n) is 3.36. The van der Waals surface area contributed by atoms with Gasteiger partial charge in [-0.2, -0.15) is 0 Å². The molecular formula is C22H25NO4. The molecule has 1 aliphatic heterocycles. The number of hydrogen-bond acceptors (Lipinski definition) is 4. The molecule has 0 spiro atoms. The Labute approximate surface area is 159 Å². The largest absolute Gasteiger partial charge is 0.465 e. The summed E-state index contributed by atoms with van der Waals surface area (Å²) in [7, 11) is 1.36. The van der Waals surface area contributed by atoms with Gasteiger partial charge in [0.2, 0.25) is 0 Å². The third kappa shape index (κ3) is 4.95. The van der Waals surface area contributed by atoms with Gasteiger partial charge >= 0.3 is 5.97 Å². The Bertz CT molecular complexity index is 796. The van der Waals surface area contributed by atoms with E-state index in [2.05, 4.69) is 5.32 Å². The molecule has 1 aliphatic rings. The zero-order valence-corrected chi connectivity index (χ0v) is 15.6. The van der Waals surface area contributed by atoms with Crippen LogP contribution in [0, 0.1) is 5.92 Å². The first-order valence-corrected chi connectivity index (χ1v) is 9.32. The average molecular weight is 367 g/mol. The zero-order valence-electron chi connectivity index (χ0n) is 15.6. The molecule has 2 aromatic carbocycles. The molecular weight excluding hydrogens is 342 g/mol. The Morgan fingerprint density at radius 3 is 2.81 bits per heavy atom. The van der Waals surface area contributed by atoms with E-state index in [0.29, 0.717) is 23.6 Å². The molecule has 0 unspecified atom stereocenters. The van der Waals surface area contributed by atoms with Crippen molar-refractivity contribution in [1.29, 1.82) is 0 Å². The Balaban J connectivity index is 1.65. The van der Waals surface area contributed by atoms with Crippen LogP contribution in [0.3, 0.4) is 0 Å². The molecule has 142 valence electrons. The highest BCUT2D eigenvalue weighted by Crippen LogP contribution is 2.25. The fraction of sp³-hybridized carbons (Fsp3) is 0.364. The van der Waals surface area contributed by atoms with Crippen LogP contribution in [0.1, 0.15) is 40.0 Å². The zero-order chi connectivity index (χ0) is 19.1. The summed E-state index contributed by atoms with van der Waals surface area (Å²) in [6, 6.07) is 14.5. The number of amides is 1. The van der Waals surface area contributed by atoms with Crippen molar-refractivity contribution in [2.45, 2.75) is 19.3 Å². The fourth-order valence-corrected chi connectivity index (χ4v) is 3.36. The summed E-state index contributed by atoms with van der Waals surface area (Å²) in [6.45, 7) is 2.35. The van der Waals surface area contributed by atoms with Crippen LogP contribution in [0.4, 0.5) is 0 Å². The number of carbonyl (C=O) groups excluding carboxylic acids is 2. The number of nitrogens with one attached hydrogen (secondary N) is 1. The van der Waals surface area contributed by atoms with Crippen molar-refractivity contribution in [1.82, 2.24) is 5.32 Å². The molecule has 1 saturated heterocycles. The molecule has 1 N–H and O–H groups in total. The minimum atomic E-state index is -0.392. The van der Waals surface area contributed by atoms with Crippen LogP contribution >= 0.6 is 0 Å². The quantitative estimate of drug-likeness (QED) is 0.599. The number of carbonyl (C=O) groups is 2. The van der Waals surface area contributed by atoms with Crippen molar-refractivity contribution in [3.63, 3.8) is 0 Å². The smallest absolute Gasteiger partial charge is 0.338 e. The van der Waals surface area contributed by atoms with E-state index in [0.717, 1.165) is 43.6 Å². The van der Waals surface area contributed by atoms with Gasteiger partial charge in [0, 0.05) is 25.3 Å². The van der Waals surface area contributed by atoms with E-state index in [9.17, 15) is 9.59 Å². The number of esters is 1. The van der Waals surface area contributed by atoms with Gasteiger partial charge < -0.3 is 14.8 Å². The maximum atomic E-state index is 12.5. The summed E-state index contributed by atoms with van der Waals surface area (Å²) in [5.74, 6) is 0.131. The molecule has 27 heavy (non-hydrogen) atoms. The molecule has 0 saturated carbocycles. The van der Waals surface area contributed by atoms with Gasteiger partial charge in [-0.05, 0) is 54.5 Å². The molecule has 0 bridgehead atoms. The third-order valence-corrected chi connectivity index (χ3v) is 4.87. The summed E-state index contributed by atoms with van der Waals surface area (Å²) in [6.07, 6.45) is 3.15. The Hall–Kier alpha value is -2.66. The van der Waals surface area contributed by atoms with E-state index in [1.807, 2.05) is 30.3 Å². The van der Waals surface area contributed by atoms with Crippen molar-refractivity contribution in [3.05, 3.63) is 59.7 Å². The summed E-state index contributed by atoms with van der Waals surface area (Å²) in [4.78, 5) is 24.5. The third-order valence-electron chi connectivity index (χ3n) is 4.87. The highest BCUT2D eigenvalue weighted by Gasteiger charge is 2.16. The van der Waals surface area contributed by atoms with Crippen LogP contribution in [0.2, 0.25) is 0 Å². The molecule has 5 nitrogen and oxygen atoms in total. The normalized spacial score (nSPS) is 16.1. The molecule has 5 heteroatoms. The van der Waals surface area contributed by atoms with E-state index in [-0.39, 0.29) is 5.91 Å². The van der Waals surface area contributed by atoms with E-state index in [1.165, 1.54) is 7.11 Å². The van der Waals surface area contributed by atoms with Gasteiger partial charge in [0.15, 0.2) is 0 Å². The lowest BCUT2D eigenvalue weighted by atomic mass is 9.98. The second kappa shape index (κ2) is 9.33. The summed E-state index contributed by atoms with van der Waals surface area (Å²) in [5.41, 5.74) is 2.62. The first kappa shape index (κ1) is 19.1. The molecule has 0 aliphatic carbocycles. The first-order chi connectivity index (χ1) is 13.2. The van der Waals surface area contributed by atoms with Crippen LogP contribution in [-0.2, 0) is 9.47 Å². The molecule has 1 heterocycles. The number of benzene rings is 2. The van der Waals surface area contributed by atoms with Crippen molar-refractivity contribution in [2.24, 2.45) is 5.92 Å². The number of methoxy groups -OCH3 is 1. The van der Waals surface area contributed by atoms with Gasteiger partial charge in [-0.3, -0.25) is 4.79 Å². The Morgan fingerprint density at radius 2 is 2.04 bits per heavy atom. The summed E-state index contributed by atoms with van der Waals surface area (Å²) in [5, 5.41) is 2.98. The second-order valence-corrected chi connectivity index (χ2v) is 6.75. The molecule has 1 fully saturated rings. The van der Waals surface area contributed by atoms with Crippen LogP contribution in [0.5, 0.6) is 0 Å². The highest BCUT2D eigenvalue weighted by atomic mass is 16.5. The van der Waals surface area contributed by atoms with Gasteiger partial charge in [-0.1, -0.05) is 30.3 Å². The molecule has 0 radical (unpaired) electrons. The van der Waals surface area contributed by atoms with Gasteiger partial charge in [-0.25, -0.2) is 4.79 Å². The molecule has 3 rings (SSSR count). The van der Waals surface area contributed by atoms with Crippen molar-refractivity contribution >= 4 is 11.9 Å². The highest BCUT2D eigenvalue weighted by molar-refractivity contribution is 5.99. The number of rotatable bonds is 7. The topological polar surface area (TPSA) is 64.6 Å². The number of ether oxygens (including phenoxy) is 2. The lowest BCUT2D eigenvalue weighted by Crippen LogP contribution is -2.24. The Morgan fingerprint density at radius 1 is 1.19 bits per heavy atom. The maximum absolute atomic E-state index is 12.5. The Kier molecular flexibility index (Phi) is 6.60. The van der Waals surface area contributed by atoms with Gasteiger partial charge in [-0.15, -0.1) is 0 Å². The minimum absolute atomic E-state index is 0.102. The van der Waals surface area contributed by atoms with E-state index >= 15 is 0 Å². The van der Waals surface area contributed by atoms with Crippen LogP contribution in [-0.4, -0.2) is 38.7 Å².